The van der Waals surface area contributed by atoms with Crippen LogP contribution in [0.25, 0.3) is 0 Å². The normalized spacial score (nSPS) is 21.2. The van der Waals surface area contributed by atoms with E-state index < -0.39 is 11.6 Å². The van der Waals surface area contributed by atoms with Gasteiger partial charge in [-0.3, -0.25) is 0 Å². The fourth-order valence-corrected chi connectivity index (χ4v) is 2.24. The maximum absolute atomic E-state index is 12.1. The molecule has 0 unspecified atom stereocenters. The molecule has 1 saturated heterocycles. The van der Waals surface area contributed by atoms with E-state index in [0.717, 1.165) is 19.3 Å². The van der Waals surface area contributed by atoms with Crippen LogP contribution in [-0.4, -0.2) is 40.3 Å². The molecule has 0 bridgehead atoms. The highest BCUT2D eigenvalue weighted by Crippen LogP contribution is 2.25. The Kier molecular flexibility index (Phi) is 4.97. The van der Waals surface area contributed by atoms with Gasteiger partial charge in [-0.05, 0) is 52.5 Å². The Morgan fingerprint density at radius 1 is 1.32 bits per heavy atom. The number of hydrogen-bond acceptors (Lipinski definition) is 3. The average molecular weight is 269 g/mol. The summed E-state index contributed by atoms with van der Waals surface area (Å²) < 4.78 is 5.37. The lowest BCUT2D eigenvalue weighted by Crippen LogP contribution is -2.46. The third-order valence-electron chi connectivity index (χ3n) is 3.01. The molecule has 1 amide bonds. The molecule has 108 valence electrons. The number of carbonyl (C=O) groups is 2. The molecule has 0 saturated carbocycles. The summed E-state index contributed by atoms with van der Waals surface area (Å²) in [4.78, 5) is 24.5. The summed E-state index contributed by atoms with van der Waals surface area (Å²) in [5.74, 6) is -0.979. The zero-order valence-corrected chi connectivity index (χ0v) is 12.1. The van der Waals surface area contributed by atoms with Crippen LogP contribution in [0.4, 0.5) is 4.79 Å². The van der Waals surface area contributed by atoms with E-state index in [0.29, 0.717) is 12.1 Å². The standard InChI is InChI=1S/C14H23NO4/c1-10(9-12(16)17)11-7-5-6-8-15(11)13(18)19-14(2,3)4/h9,11H,5-8H2,1-4H3,(H,16,17)/b10-9+/t11-/m1/s1. The van der Waals surface area contributed by atoms with Crippen LogP contribution in [0.2, 0.25) is 0 Å². The summed E-state index contributed by atoms with van der Waals surface area (Å²) in [6.45, 7) is 7.84. The molecule has 1 N–H and O–H groups in total. The van der Waals surface area contributed by atoms with Gasteiger partial charge in [-0.2, -0.15) is 0 Å². The lowest BCUT2D eigenvalue weighted by molar-refractivity contribution is -0.131. The molecule has 1 aliphatic heterocycles. The molecule has 5 nitrogen and oxygen atoms in total. The van der Waals surface area contributed by atoms with Crippen molar-refractivity contribution >= 4 is 12.1 Å². The Morgan fingerprint density at radius 2 is 1.95 bits per heavy atom. The molecule has 5 heteroatoms. The van der Waals surface area contributed by atoms with Crippen LogP contribution in [0.15, 0.2) is 11.6 Å². The Balaban J connectivity index is 2.83. The number of carboxylic acids is 1. The van der Waals surface area contributed by atoms with Gasteiger partial charge in [-0.25, -0.2) is 9.59 Å². The van der Waals surface area contributed by atoms with Crippen molar-refractivity contribution in [1.82, 2.24) is 4.90 Å². The number of carbonyl (C=O) groups excluding carboxylic acids is 1. The summed E-state index contributed by atoms with van der Waals surface area (Å²) in [7, 11) is 0. The van der Waals surface area contributed by atoms with Gasteiger partial charge < -0.3 is 14.7 Å². The molecule has 0 aromatic heterocycles. The zero-order valence-electron chi connectivity index (χ0n) is 12.1. The number of nitrogens with zero attached hydrogens (tertiary/aromatic N) is 1. The summed E-state index contributed by atoms with van der Waals surface area (Å²) >= 11 is 0. The second-order valence-electron chi connectivity index (χ2n) is 5.91. The maximum Gasteiger partial charge on any atom is 0.410 e. The fourth-order valence-electron chi connectivity index (χ4n) is 2.24. The summed E-state index contributed by atoms with van der Waals surface area (Å²) in [5, 5.41) is 8.81. The first-order chi connectivity index (χ1) is 8.70. The second-order valence-corrected chi connectivity index (χ2v) is 5.91. The number of ether oxygens (including phenoxy) is 1. The Bertz CT molecular complexity index is 381. The third-order valence-corrected chi connectivity index (χ3v) is 3.01. The van der Waals surface area contributed by atoms with Crippen molar-refractivity contribution in [1.29, 1.82) is 0 Å². The highest BCUT2D eigenvalue weighted by atomic mass is 16.6. The third kappa shape index (κ3) is 4.93. The lowest BCUT2D eigenvalue weighted by Gasteiger charge is -2.37. The summed E-state index contributed by atoms with van der Waals surface area (Å²) in [5.41, 5.74) is 0.154. The molecule has 0 spiro atoms. The summed E-state index contributed by atoms with van der Waals surface area (Å²) in [6, 6.07) is -0.167. The molecular weight excluding hydrogens is 246 g/mol. The number of hydrogen-bond donors (Lipinski definition) is 1. The highest BCUT2D eigenvalue weighted by molar-refractivity contribution is 5.81. The van der Waals surface area contributed by atoms with E-state index in [1.54, 1.807) is 11.8 Å². The topological polar surface area (TPSA) is 66.8 Å². The molecule has 19 heavy (non-hydrogen) atoms. The van der Waals surface area contributed by atoms with Gasteiger partial charge in [0, 0.05) is 12.6 Å². The number of likely N-dealkylation sites (tertiary alicyclic amines) is 1. The van der Waals surface area contributed by atoms with Gasteiger partial charge in [0.1, 0.15) is 5.60 Å². The Hall–Kier alpha value is -1.52. The minimum Gasteiger partial charge on any atom is -0.478 e. The molecule has 1 heterocycles. The number of piperidine rings is 1. The molecule has 0 aromatic rings. The van der Waals surface area contributed by atoms with Gasteiger partial charge in [-0.1, -0.05) is 0 Å². The number of amides is 1. The van der Waals surface area contributed by atoms with E-state index in [4.69, 9.17) is 9.84 Å². The average Bonchev–Trinajstić information content (AvgIpc) is 2.25. The first kappa shape index (κ1) is 15.5. The molecule has 1 fully saturated rings. The van der Waals surface area contributed by atoms with Crippen LogP contribution < -0.4 is 0 Å². The number of carboxylic acid groups (broad SMARTS) is 1. The minimum atomic E-state index is -0.979. The van der Waals surface area contributed by atoms with E-state index in [-0.39, 0.29) is 12.1 Å². The smallest absolute Gasteiger partial charge is 0.410 e. The fraction of sp³-hybridized carbons (Fsp3) is 0.714. The molecule has 0 aromatic carbocycles. The highest BCUT2D eigenvalue weighted by Gasteiger charge is 2.31. The Labute approximate surface area is 114 Å². The van der Waals surface area contributed by atoms with E-state index in [1.165, 1.54) is 6.08 Å². The van der Waals surface area contributed by atoms with Gasteiger partial charge in [0.2, 0.25) is 0 Å². The molecule has 0 radical (unpaired) electrons. The van der Waals surface area contributed by atoms with Crippen LogP contribution in [-0.2, 0) is 9.53 Å². The van der Waals surface area contributed by atoms with Gasteiger partial charge >= 0.3 is 12.1 Å². The van der Waals surface area contributed by atoms with Crippen molar-refractivity contribution in [2.75, 3.05) is 6.54 Å². The minimum absolute atomic E-state index is 0.167. The number of aliphatic carboxylic acids is 1. The quantitative estimate of drug-likeness (QED) is 0.783. The van der Waals surface area contributed by atoms with Gasteiger partial charge in [0.25, 0.3) is 0 Å². The van der Waals surface area contributed by atoms with Crippen LogP contribution in [0.1, 0.15) is 47.0 Å². The zero-order chi connectivity index (χ0) is 14.6. The number of rotatable bonds is 2. The van der Waals surface area contributed by atoms with Crippen molar-refractivity contribution in [2.24, 2.45) is 0 Å². The van der Waals surface area contributed by atoms with E-state index in [2.05, 4.69) is 0 Å². The van der Waals surface area contributed by atoms with Crippen LogP contribution >= 0.6 is 0 Å². The van der Waals surface area contributed by atoms with Crippen molar-refractivity contribution in [3.05, 3.63) is 11.6 Å². The molecule has 1 rings (SSSR count). The largest absolute Gasteiger partial charge is 0.478 e. The lowest BCUT2D eigenvalue weighted by atomic mass is 9.96. The van der Waals surface area contributed by atoms with E-state index >= 15 is 0 Å². The van der Waals surface area contributed by atoms with Crippen molar-refractivity contribution in [3.8, 4) is 0 Å². The van der Waals surface area contributed by atoms with Crippen molar-refractivity contribution in [3.63, 3.8) is 0 Å². The second kappa shape index (κ2) is 6.08. The molecule has 1 atom stereocenters. The van der Waals surface area contributed by atoms with Crippen molar-refractivity contribution < 1.29 is 19.4 Å². The van der Waals surface area contributed by atoms with E-state index in [1.807, 2.05) is 20.8 Å². The van der Waals surface area contributed by atoms with Crippen molar-refractivity contribution in [2.45, 2.75) is 58.6 Å². The van der Waals surface area contributed by atoms with Crippen LogP contribution in [0.5, 0.6) is 0 Å². The molecule has 1 aliphatic rings. The van der Waals surface area contributed by atoms with E-state index in [9.17, 15) is 9.59 Å². The first-order valence-electron chi connectivity index (χ1n) is 6.61. The predicted molar refractivity (Wildman–Crippen MR) is 72.0 cm³/mol. The summed E-state index contributed by atoms with van der Waals surface area (Å²) in [6.07, 6.45) is 3.52. The predicted octanol–water partition coefficient (Wildman–Crippen LogP) is 2.81. The Morgan fingerprint density at radius 3 is 2.47 bits per heavy atom. The van der Waals surface area contributed by atoms with Crippen LogP contribution in [0.3, 0.4) is 0 Å². The van der Waals surface area contributed by atoms with Gasteiger partial charge in [0.15, 0.2) is 0 Å². The first-order valence-corrected chi connectivity index (χ1v) is 6.61. The van der Waals surface area contributed by atoms with Crippen LogP contribution in [0, 0.1) is 0 Å². The molecule has 0 aliphatic carbocycles. The monoisotopic (exact) mass is 269 g/mol. The van der Waals surface area contributed by atoms with Gasteiger partial charge in [-0.15, -0.1) is 0 Å². The SMILES string of the molecule is C/C(=C\C(=O)O)[C@H]1CCCCN1C(=O)OC(C)(C)C. The molecular formula is C14H23NO4. The van der Waals surface area contributed by atoms with Gasteiger partial charge in [0.05, 0.1) is 6.04 Å². The maximum atomic E-state index is 12.1.